The molecule has 3 rings (SSSR count). The van der Waals surface area contributed by atoms with Gasteiger partial charge in [0.1, 0.15) is 0 Å². The highest BCUT2D eigenvalue weighted by molar-refractivity contribution is 6.30. The van der Waals surface area contributed by atoms with Crippen molar-refractivity contribution in [2.45, 2.75) is 25.2 Å². The number of rotatable bonds is 5. The van der Waals surface area contributed by atoms with Crippen LogP contribution in [0.5, 0.6) is 0 Å². The highest BCUT2D eigenvalue weighted by Gasteiger charge is 2.46. The van der Waals surface area contributed by atoms with E-state index in [1.54, 1.807) is 0 Å². The third-order valence-corrected chi connectivity index (χ3v) is 5.17. The average molecular weight is 386 g/mol. The van der Waals surface area contributed by atoms with Crippen LogP contribution in [0.15, 0.2) is 24.3 Å². The van der Waals surface area contributed by atoms with Crippen molar-refractivity contribution in [1.29, 1.82) is 0 Å². The Morgan fingerprint density at radius 1 is 1.36 bits per heavy atom. The van der Waals surface area contributed by atoms with Gasteiger partial charge in [0.15, 0.2) is 0 Å². The van der Waals surface area contributed by atoms with Crippen LogP contribution in [0.25, 0.3) is 0 Å². The molecule has 25 heavy (non-hydrogen) atoms. The van der Waals surface area contributed by atoms with Crippen molar-refractivity contribution < 1.29 is 9.59 Å². The molecule has 1 aliphatic carbocycles. The number of likely N-dealkylation sites (tertiary alicyclic amines) is 1. The van der Waals surface area contributed by atoms with Gasteiger partial charge in [0, 0.05) is 37.1 Å². The molecule has 138 valence electrons. The average Bonchev–Trinajstić information content (AvgIpc) is 3.40. The molecule has 2 amide bonds. The number of halogens is 2. The van der Waals surface area contributed by atoms with Crippen LogP contribution in [0.3, 0.4) is 0 Å². The van der Waals surface area contributed by atoms with Crippen LogP contribution in [-0.4, -0.2) is 42.9 Å². The Hall–Kier alpha value is -1.30. The van der Waals surface area contributed by atoms with E-state index in [-0.39, 0.29) is 42.0 Å². The van der Waals surface area contributed by atoms with Crippen molar-refractivity contribution in [3.63, 3.8) is 0 Å². The van der Waals surface area contributed by atoms with Crippen molar-refractivity contribution in [3.05, 3.63) is 34.9 Å². The Bertz CT molecular complexity index is 626. The van der Waals surface area contributed by atoms with Gasteiger partial charge < -0.3 is 16.0 Å². The highest BCUT2D eigenvalue weighted by atomic mass is 35.5. The van der Waals surface area contributed by atoms with E-state index >= 15 is 0 Å². The molecule has 0 spiro atoms. The third-order valence-electron chi connectivity index (χ3n) is 4.93. The minimum absolute atomic E-state index is 0. The summed E-state index contributed by atoms with van der Waals surface area (Å²) in [5, 5.41) is 3.54. The summed E-state index contributed by atoms with van der Waals surface area (Å²) in [5.41, 5.74) is 6.56. The fourth-order valence-corrected chi connectivity index (χ4v) is 3.74. The first-order chi connectivity index (χ1) is 11.6. The van der Waals surface area contributed by atoms with E-state index in [4.69, 9.17) is 17.3 Å². The number of amides is 2. The molecule has 1 aromatic rings. The lowest BCUT2D eigenvalue weighted by Gasteiger charge is -2.32. The predicted molar refractivity (Wildman–Crippen MR) is 101 cm³/mol. The van der Waals surface area contributed by atoms with Gasteiger partial charge in [-0.1, -0.05) is 23.7 Å². The van der Waals surface area contributed by atoms with Gasteiger partial charge in [-0.25, -0.2) is 0 Å². The van der Waals surface area contributed by atoms with Crippen LogP contribution >= 0.6 is 24.0 Å². The maximum Gasteiger partial charge on any atom is 0.226 e. The van der Waals surface area contributed by atoms with Crippen LogP contribution in [0.4, 0.5) is 0 Å². The minimum atomic E-state index is -0.113. The van der Waals surface area contributed by atoms with Crippen molar-refractivity contribution in [2.24, 2.45) is 17.6 Å². The smallest absolute Gasteiger partial charge is 0.226 e. The molecule has 1 aliphatic heterocycles. The lowest BCUT2D eigenvalue weighted by molar-refractivity contribution is -0.136. The van der Waals surface area contributed by atoms with Crippen molar-refractivity contribution in [1.82, 2.24) is 10.2 Å². The number of carbonyl (C=O) groups is 2. The lowest BCUT2D eigenvalue weighted by atomic mass is 9.96. The molecule has 1 heterocycles. The molecule has 5 nitrogen and oxygen atoms in total. The maximum absolute atomic E-state index is 12.8. The molecule has 2 fully saturated rings. The number of hydrogen-bond acceptors (Lipinski definition) is 3. The van der Waals surface area contributed by atoms with Crippen LogP contribution < -0.4 is 11.1 Å². The highest BCUT2D eigenvalue weighted by Crippen LogP contribution is 2.49. The van der Waals surface area contributed by atoms with Crippen LogP contribution in [0, 0.1) is 11.8 Å². The number of nitrogens with two attached hydrogens (primary N) is 1. The fourth-order valence-electron chi connectivity index (χ4n) is 3.54. The zero-order valence-corrected chi connectivity index (χ0v) is 15.7. The summed E-state index contributed by atoms with van der Waals surface area (Å²) in [7, 11) is 0. The molecular weight excluding hydrogens is 361 g/mol. The number of hydrogen-bond donors (Lipinski definition) is 2. The molecule has 1 aromatic carbocycles. The van der Waals surface area contributed by atoms with E-state index in [0.717, 1.165) is 31.4 Å². The summed E-state index contributed by atoms with van der Waals surface area (Å²) in [6.45, 7) is 2.19. The maximum atomic E-state index is 12.8. The zero-order chi connectivity index (χ0) is 17.1. The second-order valence-corrected chi connectivity index (χ2v) is 7.14. The Kier molecular flexibility index (Phi) is 7.11. The molecule has 1 saturated carbocycles. The molecule has 3 N–H and O–H groups in total. The summed E-state index contributed by atoms with van der Waals surface area (Å²) < 4.78 is 0. The molecular formula is C18H25Cl2N3O2. The predicted octanol–water partition coefficient (Wildman–Crippen LogP) is 2.18. The van der Waals surface area contributed by atoms with Crippen molar-refractivity contribution >= 4 is 35.8 Å². The molecule has 1 saturated heterocycles. The number of nitrogens with zero attached hydrogens (tertiary/aromatic N) is 1. The van der Waals surface area contributed by atoms with E-state index in [1.807, 2.05) is 29.2 Å². The first-order valence-corrected chi connectivity index (χ1v) is 9.00. The van der Waals surface area contributed by atoms with E-state index in [0.29, 0.717) is 24.7 Å². The summed E-state index contributed by atoms with van der Waals surface area (Å²) >= 11 is 6.04. The summed E-state index contributed by atoms with van der Waals surface area (Å²) in [6, 6.07) is 7.75. The van der Waals surface area contributed by atoms with E-state index < -0.39 is 0 Å². The largest absolute Gasteiger partial charge is 0.355 e. The lowest BCUT2D eigenvalue weighted by Crippen LogP contribution is -2.46. The Balaban J connectivity index is 0.00000225. The molecule has 0 radical (unpaired) electrons. The van der Waals surface area contributed by atoms with Gasteiger partial charge in [-0.2, -0.15) is 0 Å². The molecule has 0 bridgehead atoms. The standard InChI is InChI=1S/C18H24ClN3O2.ClH/c19-14-5-1-3-12(9-14)15-10-16(15)18(24)22-8-2-4-13(11-22)17(23)21-7-6-20;/h1,3,5,9,13,15-16H,2,4,6-8,10-11,20H2,(H,21,23);1H. The molecule has 2 aliphatic rings. The minimum Gasteiger partial charge on any atom is -0.355 e. The first-order valence-electron chi connectivity index (χ1n) is 8.62. The fraction of sp³-hybridized carbons (Fsp3) is 0.556. The Labute approximate surface area is 159 Å². The Morgan fingerprint density at radius 2 is 2.16 bits per heavy atom. The van der Waals surface area contributed by atoms with Crippen molar-refractivity contribution in [2.75, 3.05) is 26.2 Å². The quantitative estimate of drug-likeness (QED) is 0.815. The molecule has 3 unspecified atom stereocenters. The third kappa shape index (κ3) is 4.87. The SMILES string of the molecule is Cl.NCCNC(=O)C1CCCN(C(=O)C2CC2c2cccc(Cl)c2)C1. The van der Waals surface area contributed by atoms with Gasteiger partial charge in [0.25, 0.3) is 0 Å². The molecule has 3 atom stereocenters. The van der Waals surface area contributed by atoms with E-state index in [9.17, 15) is 9.59 Å². The number of nitrogens with one attached hydrogen (secondary N) is 1. The summed E-state index contributed by atoms with van der Waals surface area (Å²) in [6.07, 6.45) is 2.59. The second-order valence-electron chi connectivity index (χ2n) is 6.71. The normalized spacial score (nSPS) is 25.0. The Morgan fingerprint density at radius 3 is 2.88 bits per heavy atom. The van der Waals surface area contributed by atoms with Crippen molar-refractivity contribution in [3.8, 4) is 0 Å². The first kappa shape index (κ1) is 20.0. The molecule has 7 heteroatoms. The van der Waals surface area contributed by atoms with Gasteiger partial charge in [-0.05, 0) is 42.9 Å². The number of benzene rings is 1. The number of piperidine rings is 1. The van der Waals surface area contributed by atoms with Crippen LogP contribution in [-0.2, 0) is 9.59 Å². The second kappa shape index (κ2) is 8.88. The van der Waals surface area contributed by atoms with Gasteiger partial charge >= 0.3 is 0 Å². The van der Waals surface area contributed by atoms with Gasteiger partial charge in [0.2, 0.25) is 11.8 Å². The monoisotopic (exact) mass is 385 g/mol. The van der Waals surface area contributed by atoms with Crippen LogP contribution in [0.1, 0.15) is 30.7 Å². The van der Waals surface area contributed by atoms with Gasteiger partial charge in [0.05, 0.1) is 5.92 Å². The summed E-state index contributed by atoms with van der Waals surface area (Å²) in [4.78, 5) is 26.7. The van der Waals surface area contributed by atoms with Gasteiger partial charge in [-0.3, -0.25) is 9.59 Å². The van der Waals surface area contributed by atoms with E-state index in [1.165, 1.54) is 0 Å². The van der Waals surface area contributed by atoms with Crippen LogP contribution in [0.2, 0.25) is 5.02 Å². The summed E-state index contributed by atoms with van der Waals surface area (Å²) in [5.74, 6) is 0.381. The zero-order valence-electron chi connectivity index (χ0n) is 14.1. The van der Waals surface area contributed by atoms with E-state index in [2.05, 4.69) is 5.32 Å². The number of carbonyl (C=O) groups excluding carboxylic acids is 2. The topological polar surface area (TPSA) is 75.4 Å². The molecule has 0 aromatic heterocycles. The van der Waals surface area contributed by atoms with Gasteiger partial charge in [-0.15, -0.1) is 12.4 Å².